The predicted molar refractivity (Wildman–Crippen MR) is 72.7 cm³/mol. The maximum absolute atomic E-state index is 11.8. The number of ether oxygens (including phenoxy) is 1. The summed E-state index contributed by atoms with van der Waals surface area (Å²) in [6.45, 7) is 2.48. The molecule has 0 aliphatic carbocycles. The van der Waals surface area contributed by atoms with Crippen molar-refractivity contribution in [3.63, 3.8) is 0 Å². The Labute approximate surface area is 117 Å². The van der Waals surface area contributed by atoms with Crippen LogP contribution in [0.3, 0.4) is 0 Å². The Balaban J connectivity index is 2.43. The molecule has 1 aliphatic rings. The van der Waals surface area contributed by atoms with Crippen LogP contribution in [0.15, 0.2) is 18.3 Å². The van der Waals surface area contributed by atoms with E-state index in [9.17, 15) is 14.7 Å². The van der Waals surface area contributed by atoms with Crippen LogP contribution < -0.4 is 4.90 Å². The smallest absolute Gasteiger partial charge is 0.341 e. The molecule has 1 fully saturated rings. The lowest BCUT2D eigenvalue weighted by atomic mass is 9.90. The molecule has 0 radical (unpaired) electrons. The lowest BCUT2D eigenvalue weighted by Gasteiger charge is -2.38. The van der Waals surface area contributed by atoms with Gasteiger partial charge in [0.15, 0.2) is 0 Å². The third kappa shape index (κ3) is 2.59. The molecule has 2 unspecified atom stereocenters. The fourth-order valence-electron chi connectivity index (χ4n) is 2.70. The first kappa shape index (κ1) is 14.3. The Hall–Kier alpha value is -2.11. The average molecular weight is 278 g/mol. The third-order valence-corrected chi connectivity index (χ3v) is 3.65. The van der Waals surface area contributed by atoms with Crippen molar-refractivity contribution >= 4 is 17.8 Å². The van der Waals surface area contributed by atoms with Crippen molar-refractivity contribution in [2.75, 3.05) is 18.6 Å². The number of piperidine rings is 1. The summed E-state index contributed by atoms with van der Waals surface area (Å²) in [6, 6.07) is 2.58. The van der Waals surface area contributed by atoms with Gasteiger partial charge in [-0.3, -0.25) is 0 Å². The summed E-state index contributed by atoms with van der Waals surface area (Å²) in [7, 11) is 1.30. The van der Waals surface area contributed by atoms with Gasteiger partial charge in [-0.15, -0.1) is 0 Å². The molecule has 2 rings (SSSR count). The highest BCUT2D eigenvalue weighted by atomic mass is 16.5. The molecule has 1 saturated heterocycles. The van der Waals surface area contributed by atoms with Crippen LogP contribution in [-0.4, -0.2) is 41.7 Å². The van der Waals surface area contributed by atoms with Gasteiger partial charge >= 0.3 is 11.9 Å². The Morgan fingerprint density at radius 1 is 1.50 bits per heavy atom. The molecule has 1 aromatic rings. The number of hydrogen-bond acceptors (Lipinski definition) is 5. The molecule has 20 heavy (non-hydrogen) atoms. The van der Waals surface area contributed by atoms with Gasteiger partial charge in [0.05, 0.1) is 7.11 Å². The summed E-state index contributed by atoms with van der Waals surface area (Å²) < 4.78 is 4.74. The van der Waals surface area contributed by atoms with Crippen molar-refractivity contribution in [3.05, 3.63) is 23.9 Å². The molecule has 0 bridgehead atoms. The molecule has 6 nitrogen and oxygen atoms in total. The summed E-state index contributed by atoms with van der Waals surface area (Å²) in [5.41, 5.74) is 0.301. The SMILES string of the molecule is COC(=O)c1cccnc1N1CCCC(C)C1C(=O)O. The molecular weight excluding hydrogens is 260 g/mol. The van der Waals surface area contributed by atoms with E-state index < -0.39 is 18.0 Å². The second kappa shape index (κ2) is 5.90. The first-order valence-electron chi connectivity index (χ1n) is 6.59. The molecule has 0 spiro atoms. The zero-order valence-electron chi connectivity index (χ0n) is 11.6. The van der Waals surface area contributed by atoms with E-state index in [1.54, 1.807) is 23.2 Å². The van der Waals surface area contributed by atoms with E-state index in [0.717, 1.165) is 12.8 Å². The Bertz CT molecular complexity index is 518. The standard InChI is InChI=1S/C14H18N2O4/c1-9-5-4-8-16(11(9)13(17)18)12-10(14(19)20-2)6-3-7-15-12/h3,6-7,9,11H,4-5,8H2,1-2H3,(H,17,18). The van der Waals surface area contributed by atoms with Gasteiger partial charge in [-0.05, 0) is 30.9 Å². The number of rotatable bonds is 3. The van der Waals surface area contributed by atoms with Gasteiger partial charge in [-0.1, -0.05) is 6.92 Å². The fourth-order valence-corrected chi connectivity index (χ4v) is 2.70. The number of nitrogens with zero attached hydrogens (tertiary/aromatic N) is 2. The van der Waals surface area contributed by atoms with E-state index in [1.165, 1.54) is 7.11 Å². The largest absolute Gasteiger partial charge is 0.480 e. The summed E-state index contributed by atoms with van der Waals surface area (Å²) in [5.74, 6) is -0.999. The number of aromatic nitrogens is 1. The molecule has 2 atom stereocenters. The molecule has 0 saturated carbocycles. The van der Waals surface area contributed by atoms with Crippen molar-refractivity contribution in [3.8, 4) is 0 Å². The topological polar surface area (TPSA) is 79.7 Å². The molecule has 6 heteroatoms. The lowest BCUT2D eigenvalue weighted by molar-refractivity contribution is -0.140. The quantitative estimate of drug-likeness (QED) is 0.845. The van der Waals surface area contributed by atoms with E-state index in [-0.39, 0.29) is 5.92 Å². The second-order valence-electron chi connectivity index (χ2n) is 4.96. The molecule has 1 aromatic heterocycles. The number of pyridine rings is 1. The second-order valence-corrected chi connectivity index (χ2v) is 4.96. The van der Waals surface area contributed by atoms with Crippen LogP contribution in [-0.2, 0) is 9.53 Å². The number of methoxy groups -OCH3 is 1. The highest BCUT2D eigenvalue weighted by Crippen LogP contribution is 2.29. The summed E-state index contributed by atoms with van der Waals surface area (Å²) in [4.78, 5) is 29.2. The Morgan fingerprint density at radius 2 is 2.25 bits per heavy atom. The van der Waals surface area contributed by atoms with Crippen molar-refractivity contribution in [1.29, 1.82) is 0 Å². The highest BCUT2D eigenvalue weighted by Gasteiger charge is 2.36. The van der Waals surface area contributed by atoms with E-state index in [0.29, 0.717) is 17.9 Å². The number of carboxylic acids is 1. The molecular formula is C14H18N2O4. The van der Waals surface area contributed by atoms with Crippen LogP contribution in [0.1, 0.15) is 30.1 Å². The van der Waals surface area contributed by atoms with E-state index in [2.05, 4.69) is 4.98 Å². The van der Waals surface area contributed by atoms with Gasteiger partial charge in [-0.25, -0.2) is 14.6 Å². The van der Waals surface area contributed by atoms with Gasteiger partial charge < -0.3 is 14.7 Å². The van der Waals surface area contributed by atoms with Gasteiger partial charge in [-0.2, -0.15) is 0 Å². The number of aliphatic carboxylic acids is 1. The number of carboxylic acid groups (broad SMARTS) is 1. The van der Waals surface area contributed by atoms with Gasteiger partial charge in [0.1, 0.15) is 17.4 Å². The number of carbonyl (C=O) groups excluding carboxylic acids is 1. The van der Waals surface area contributed by atoms with Crippen LogP contribution in [0.5, 0.6) is 0 Å². The maximum atomic E-state index is 11.8. The average Bonchev–Trinajstić information content (AvgIpc) is 2.45. The first-order chi connectivity index (χ1) is 9.56. The molecule has 0 amide bonds. The van der Waals surface area contributed by atoms with E-state index in [4.69, 9.17) is 4.74 Å². The van der Waals surface area contributed by atoms with Crippen molar-refractivity contribution < 1.29 is 19.4 Å². The van der Waals surface area contributed by atoms with Gasteiger partial charge in [0, 0.05) is 12.7 Å². The summed E-state index contributed by atoms with van der Waals surface area (Å²) in [5, 5.41) is 9.44. The minimum Gasteiger partial charge on any atom is -0.480 e. The zero-order chi connectivity index (χ0) is 14.7. The zero-order valence-corrected chi connectivity index (χ0v) is 11.6. The number of carbonyl (C=O) groups is 2. The van der Waals surface area contributed by atoms with Gasteiger partial charge in [0.2, 0.25) is 0 Å². The molecule has 108 valence electrons. The molecule has 1 aliphatic heterocycles. The van der Waals surface area contributed by atoms with Crippen molar-refractivity contribution in [2.24, 2.45) is 5.92 Å². The number of esters is 1. The maximum Gasteiger partial charge on any atom is 0.341 e. The van der Waals surface area contributed by atoms with Gasteiger partial charge in [0.25, 0.3) is 0 Å². The minimum absolute atomic E-state index is 0.00810. The van der Waals surface area contributed by atoms with Crippen LogP contribution in [0.2, 0.25) is 0 Å². The fraction of sp³-hybridized carbons (Fsp3) is 0.500. The van der Waals surface area contributed by atoms with Crippen molar-refractivity contribution in [1.82, 2.24) is 4.98 Å². The first-order valence-corrected chi connectivity index (χ1v) is 6.59. The molecule has 0 aromatic carbocycles. The highest BCUT2D eigenvalue weighted by molar-refractivity contribution is 5.95. The Morgan fingerprint density at radius 3 is 2.90 bits per heavy atom. The minimum atomic E-state index is -0.890. The van der Waals surface area contributed by atoms with Crippen molar-refractivity contribution in [2.45, 2.75) is 25.8 Å². The number of anilines is 1. The lowest BCUT2D eigenvalue weighted by Crippen LogP contribution is -2.50. The van der Waals surface area contributed by atoms with E-state index in [1.807, 2.05) is 6.92 Å². The van der Waals surface area contributed by atoms with Crippen LogP contribution in [0.4, 0.5) is 5.82 Å². The van der Waals surface area contributed by atoms with Crippen LogP contribution >= 0.6 is 0 Å². The Kier molecular flexibility index (Phi) is 4.22. The summed E-state index contributed by atoms with van der Waals surface area (Å²) >= 11 is 0. The van der Waals surface area contributed by atoms with E-state index >= 15 is 0 Å². The monoisotopic (exact) mass is 278 g/mol. The third-order valence-electron chi connectivity index (χ3n) is 3.65. The predicted octanol–water partition coefficient (Wildman–Crippen LogP) is 1.56. The molecule has 1 N–H and O–H groups in total. The summed E-state index contributed by atoms with van der Waals surface area (Å²) in [6.07, 6.45) is 3.29. The van der Waals surface area contributed by atoms with Crippen LogP contribution in [0, 0.1) is 5.92 Å². The molecule has 2 heterocycles. The normalized spacial score (nSPS) is 22.4. The number of hydrogen-bond donors (Lipinski definition) is 1. The van der Waals surface area contributed by atoms with Crippen LogP contribution in [0.25, 0.3) is 0 Å².